The quantitative estimate of drug-likeness (QED) is 0.247. The van der Waals surface area contributed by atoms with Gasteiger partial charge in [-0.1, -0.05) is 66.8 Å². The molecule has 0 saturated carbocycles. The fourth-order valence-electron chi connectivity index (χ4n) is 6.12. The number of fused-ring (bicyclic) bond motifs is 13. The highest BCUT2D eigenvalue weighted by Gasteiger charge is 2.29. The Morgan fingerprint density at radius 1 is 0.765 bits per heavy atom. The van der Waals surface area contributed by atoms with Crippen molar-refractivity contribution in [3.8, 4) is 0 Å². The van der Waals surface area contributed by atoms with Crippen molar-refractivity contribution in [2.24, 2.45) is 4.99 Å². The van der Waals surface area contributed by atoms with E-state index in [0.29, 0.717) is 0 Å². The predicted octanol–water partition coefficient (Wildman–Crippen LogP) is 8.20. The molecule has 9 rings (SSSR count). The van der Waals surface area contributed by atoms with Crippen molar-refractivity contribution < 1.29 is 0 Å². The molecule has 2 aliphatic rings. The number of hydrogen-bond donors (Lipinski definition) is 1. The van der Waals surface area contributed by atoms with E-state index >= 15 is 0 Å². The van der Waals surface area contributed by atoms with Gasteiger partial charge in [0.25, 0.3) is 0 Å². The van der Waals surface area contributed by atoms with Gasteiger partial charge in [0.05, 0.1) is 22.8 Å². The molecule has 7 aromatic rings. The van der Waals surface area contributed by atoms with Crippen molar-refractivity contribution in [3.63, 3.8) is 0 Å². The number of anilines is 1. The largest absolute Gasteiger partial charge is 0.357 e. The van der Waals surface area contributed by atoms with Crippen LogP contribution in [0.5, 0.6) is 0 Å². The molecule has 0 fully saturated rings. The van der Waals surface area contributed by atoms with Gasteiger partial charge in [0.15, 0.2) is 0 Å². The van der Waals surface area contributed by atoms with Crippen LogP contribution in [0.25, 0.3) is 58.1 Å². The minimum atomic E-state index is 0.111. The van der Waals surface area contributed by atoms with E-state index < -0.39 is 0 Å². The molecule has 3 nitrogen and oxygen atoms in total. The number of nitrogens with one attached hydrogen (secondary N) is 1. The maximum Gasteiger partial charge on any atom is 0.138 e. The highest BCUT2D eigenvalue weighted by Crippen LogP contribution is 2.50. The number of aromatic nitrogens is 1. The molecule has 4 heteroatoms. The molecule has 1 atom stereocenters. The van der Waals surface area contributed by atoms with Gasteiger partial charge in [-0.25, -0.2) is 4.99 Å². The lowest BCUT2D eigenvalue weighted by Crippen LogP contribution is -2.30. The van der Waals surface area contributed by atoms with Crippen molar-refractivity contribution in [1.82, 2.24) is 4.40 Å². The smallest absolute Gasteiger partial charge is 0.138 e. The summed E-state index contributed by atoms with van der Waals surface area (Å²) in [4.78, 5) is 5.10. The van der Waals surface area contributed by atoms with E-state index in [1.807, 2.05) is 11.3 Å². The van der Waals surface area contributed by atoms with E-state index in [-0.39, 0.29) is 6.04 Å². The van der Waals surface area contributed by atoms with Gasteiger partial charge < -0.3 is 5.32 Å². The fourth-order valence-corrected chi connectivity index (χ4v) is 7.25. The van der Waals surface area contributed by atoms with Gasteiger partial charge in [0.1, 0.15) is 11.5 Å². The van der Waals surface area contributed by atoms with Crippen molar-refractivity contribution in [1.29, 1.82) is 0 Å². The molecule has 0 amide bonds. The molecule has 0 bridgehead atoms. The zero-order valence-electron chi connectivity index (χ0n) is 18.0. The van der Waals surface area contributed by atoms with Gasteiger partial charge in [-0.05, 0) is 35.0 Å². The zero-order chi connectivity index (χ0) is 22.0. The monoisotopic (exact) mass is 451 g/mol. The first-order valence-corrected chi connectivity index (χ1v) is 12.4. The van der Waals surface area contributed by atoms with E-state index in [9.17, 15) is 0 Å². The van der Waals surface area contributed by atoms with Crippen LogP contribution in [0, 0.1) is 0 Å². The zero-order valence-corrected chi connectivity index (χ0v) is 18.9. The Labute approximate surface area is 198 Å². The third-order valence-corrected chi connectivity index (χ3v) is 8.63. The predicted molar refractivity (Wildman–Crippen MR) is 147 cm³/mol. The van der Waals surface area contributed by atoms with Crippen LogP contribution in [-0.4, -0.2) is 16.2 Å². The van der Waals surface area contributed by atoms with Crippen LogP contribution in [0.1, 0.15) is 0 Å². The summed E-state index contributed by atoms with van der Waals surface area (Å²) in [5.41, 5.74) is 4.63. The average molecular weight is 452 g/mol. The average Bonchev–Trinajstić information content (AvgIpc) is 3.53. The summed E-state index contributed by atoms with van der Waals surface area (Å²) in [6, 6.07) is 24.7. The minimum Gasteiger partial charge on any atom is -0.357 e. The Balaban J connectivity index is 1.53. The molecule has 0 spiro atoms. The first-order chi connectivity index (χ1) is 16.9. The fraction of sp³-hybridized carbons (Fsp3) is 0.0333. The van der Waals surface area contributed by atoms with Crippen molar-refractivity contribution in [2.45, 2.75) is 6.04 Å². The lowest BCUT2D eigenvalue weighted by atomic mass is 10.00. The van der Waals surface area contributed by atoms with Gasteiger partial charge in [-0.2, -0.15) is 0 Å². The Bertz CT molecular complexity index is 2100. The van der Waals surface area contributed by atoms with Crippen LogP contribution in [-0.2, 0) is 0 Å². The minimum absolute atomic E-state index is 0.111. The number of aliphatic imine (C=N–C) groups is 1. The standard InChI is InChI=1S/C30H17N3S/c1-2-7-17-16(6-1)12-14-23-26(17)27-24(34-23)15-13-22-25(27)18-8-5-9-19-28-30(33(22)29(18)19)32-21-11-4-3-10-20(21)31-28/h1-15,21,32H. The molecular weight excluding hydrogens is 434 g/mol. The summed E-state index contributed by atoms with van der Waals surface area (Å²) in [5.74, 6) is 1.10. The van der Waals surface area contributed by atoms with Crippen LogP contribution >= 0.6 is 11.3 Å². The molecule has 0 saturated heterocycles. The molecular formula is C30H17N3S. The van der Waals surface area contributed by atoms with Crippen molar-refractivity contribution in [2.75, 3.05) is 5.32 Å². The highest BCUT2D eigenvalue weighted by molar-refractivity contribution is 7.26. The molecule has 158 valence electrons. The maximum absolute atomic E-state index is 5.10. The molecule has 4 aromatic carbocycles. The summed E-state index contributed by atoms with van der Waals surface area (Å²) in [5, 5.41) is 13.0. The molecule has 1 N–H and O–H groups in total. The lowest BCUT2D eigenvalue weighted by Gasteiger charge is -2.23. The normalized spacial score (nSPS) is 17.3. The van der Waals surface area contributed by atoms with Gasteiger partial charge in [0, 0.05) is 36.3 Å². The number of nitrogens with zero attached hydrogens (tertiary/aromatic N) is 2. The SMILES string of the molecule is C1=CC2=Nc3c(n4c5ccc6sc7ccc8ccccc8c7c6c5c5cccc3c54)NC2C=C1. The Morgan fingerprint density at radius 2 is 1.62 bits per heavy atom. The first kappa shape index (κ1) is 17.3. The number of rotatable bonds is 0. The summed E-state index contributed by atoms with van der Waals surface area (Å²) in [7, 11) is 0. The number of allylic oxidation sites excluding steroid dienone is 2. The molecule has 1 unspecified atom stereocenters. The van der Waals surface area contributed by atoms with E-state index in [4.69, 9.17) is 4.99 Å². The van der Waals surface area contributed by atoms with E-state index in [2.05, 4.69) is 101 Å². The van der Waals surface area contributed by atoms with E-state index in [0.717, 1.165) is 17.2 Å². The first-order valence-electron chi connectivity index (χ1n) is 11.6. The van der Waals surface area contributed by atoms with Gasteiger partial charge in [-0.3, -0.25) is 4.40 Å². The Hall–Kier alpha value is -4.15. The number of benzene rings is 4. The van der Waals surface area contributed by atoms with Gasteiger partial charge in [-0.15, -0.1) is 11.3 Å². The maximum atomic E-state index is 5.10. The second-order valence-electron chi connectivity index (χ2n) is 9.23. The number of thiophene rings is 1. The molecule has 0 radical (unpaired) electrons. The second kappa shape index (κ2) is 5.85. The Morgan fingerprint density at radius 3 is 2.62 bits per heavy atom. The van der Waals surface area contributed by atoms with Crippen molar-refractivity contribution >= 4 is 86.7 Å². The summed E-state index contributed by atoms with van der Waals surface area (Å²) in [6.45, 7) is 0. The van der Waals surface area contributed by atoms with Crippen LogP contribution in [0.2, 0.25) is 0 Å². The van der Waals surface area contributed by atoms with E-state index in [1.165, 1.54) is 58.1 Å². The van der Waals surface area contributed by atoms with Gasteiger partial charge in [0.2, 0.25) is 0 Å². The van der Waals surface area contributed by atoms with Gasteiger partial charge >= 0.3 is 0 Å². The summed E-state index contributed by atoms with van der Waals surface area (Å²) < 4.78 is 5.10. The lowest BCUT2D eigenvalue weighted by molar-refractivity contribution is 1.09. The summed E-state index contributed by atoms with van der Waals surface area (Å²) in [6.07, 6.45) is 8.46. The third-order valence-electron chi connectivity index (χ3n) is 7.51. The molecule has 1 aliphatic heterocycles. The molecule has 4 heterocycles. The van der Waals surface area contributed by atoms with Crippen LogP contribution in [0.15, 0.2) is 96.0 Å². The number of hydrogen-bond acceptors (Lipinski definition) is 3. The third kappa shape index (κ3) is 1.94. The summed E-state index contributed by atoms with van der Waals surface area (Å²) >= 11 is 1.89. The van der Waals surface area contributed by atoms with Crippen molar-refractivity contribution in [3.05, 3.63) is 91.0 Å². The Kier molecular flexibility index (Phi) is 2.98. The highest BCUT2D eigenvalue weighted by atomic mass is 32.1. The van der Waals surface area contributed by atoms with E-state index in [1.54, 1.807) is 0 Å². The molecule has 34 heavy (non-hydrogen) atoms. The van der Waals surface area contributed by atoms with Crippen LogP contribution in [0.3, 0.4) is 0 Å². The van der Waals surface area contributed by atoms with Crippen LogP contribution in [0.4, 0.5) is 11.5 Å². The number of para-hydroxylation sites is 1. The molecule has 3 aromatic heterocycles. The molecule has 1 aliphatic carbocycles. The topological polar surface area (TPSA) is 28.8 Å². The second-order valence-corrected chi connectivity index (χ2v) is 10.3. The van der Waals surface area contributed by atoms with Crippen LogP contribution < -0.4 is 5.32 Å².